The number of fused-ring (bicyclic) bond motifs is 1. The van der Waals surface area contributed by atoms with Gasteiger partial charge in [-0.05, 0) is 52.2 Å². The van der Waals surface area contributed by atoms with Crippen LogP contribution in [0.2, 0.25) is 0 Å². The standard InChI is InChI=1S/C20H28F3N5O/c1-12-10-26(11-13(2)28(12)19(29)20(21,22)23)17-7-6-16(14(3)24-17)25-18-9-15-5-4-8-27(15)18/h6-7,12-13,15,18,25H,4-5,8-11H2,1-3H3. The molecule has 0 spiro atoms. The highest BCUT2D eigenvalue weighted by Crippen LogP contribution is 2.36. The van der Waals surface area contributed by atoms with Crippen LogP contribution in [0.15, 0.2) is 12.1 Å². The van der Waals surface area contributed by atoms with E-state index in [1.165, 1.54) is 12.8 Å². The predicted molar refractivity (Wildman–Crippen MR) is 105 cm³/mol. The Hall–Kier alpha value is -2.03. The number of amides is 1. The van der Waals surface area contributed by atoms with Crippen molar-refractivity contribution in [3.8, 4) is 0 Å². The Morgan fingerprint density at radius 3 is 2.48 bits per heavy atom. The van der Waals surface area contributed by atoms with E-state index in [1.807, 2.05) is 24.0 Å². The molecule has 1 amide bonds. The van der Waals surface area contributed by atoms with Crippen molar-refractivity contribution in [2.45, 2.75) is 70.5 Å². The minimum atomic E-state index is -4.84. The van der Waals surface area contributed by atoms with Crippen LogP contribution in [-0.2, 0) is 4.79 Å². The van der Waals surface area contributed by atoms with Crippen LogP contribution in [0.5, 0.6) is 0 Å². The summed E-state index contributed by atoms with van der Waals surface area (Å²) in [6, 6.07) is 3.54. The Balaban J connectivity index is 1.43. The van der Waals surface area contributed by atoms with Gasteiger partial charge in [-0.3, -0.25) is 9.69 Å². The van der Waals surface area contributed by atoms with Crippen LogP contribution in [0.4, 0.5) is 24.7 Å². The molecule has 0 aromatic carbocycles. The van der Waals surface area contributed by atoms with Crippen molar-refractivity contribution >= 4 is 17.4 Å². The molecule has 4 unspecified atom stereocenters. The maximum atomic E-state index is 12.9. The van der Waals surface area contributed by atoms with Crippen molar-refractivity contribution in [3.05, 3.63) is 17.8 Å². The number of hydrogen-bond acceptors (Lipinski definition) is 5. The average Bonchev–Trinajstić information content (AvgIpc) is 3.00. The van der Waals surface area contributed by atoms with Gasteiger partial charge in [-0.25, -0.2) is 4.98 Å². The molecular formula is C20H28F3N5O. The van der Waals surface area contributed by atoms with E-state index in [0.717, 1.165) is 41.1 Å². The van der Waals surface area contributed by atoms with E-state index in [4.69, 9.17) is 4.98 Å². The zero-order valence-corrected chi connectivity index (χ0v) is 17.0. The first-order chi connectivity index (χ1) is 13.6. The molecule has 1 aromatic rings. The van der Waals surface area contributed by atoms with E-state index in [0.29, 0.717) is 19.3 Å². The number of pyridine rings is 1. The van der Waals surface area contributed by atoms with Gasteiger partial charge in [0, 0.05) is 37.8 Å². The van der Waals surface area contributed by atoms with Crippen molar-refractivity contribution < 1.29 is 18.0 Å². The van der Waals surface area contributed by atoms with Gasteiger partial charge in [-0.1, -0.05) is 0 Å². The maximum Gasteiger partial charge on any atom is 0.471 e. The second kappa shape index (κ2) is 7.34. The summed E-state index contributed by atoms with van der Waals surface area (Å²) in [4.78, 5) is 21.9. The molecule has 0 bridgehead atoms. The first-order valence-electron chi connectivity index (χ1n) is 10.3. The second-order valence-corrected chi connectivity index (χ2v) is 8.55. The fourth-order valence-corrected chi connectivity index (χ4v) is 5.03. The van der Waals surface area contributed by atoms with Gasteiger partial charge < -0.3 is 15.1 Å². The summed E-state index contributed by atoms with van der Waals surface area (Å²) in [5, 5.41) is 3.57. The Bertz CT molecular complexity index is 774. The van der Waals surface area contributed by atoms with E-state index < -0.39 is 24.2 Å². The van der Waals surface area contributed by atoms with Crippen LogP contribution < -0.4 is 10.2 Å². The number of halogens is 3. The minimum Gasteiger partial charge on any atom is -0.368 e. The van der Waals surface area contributed by atoms with Crippen LogP contribution in [0, 0.1) is 6.92 Å². The number of carbonyl (C=O) groups is 1. The molecular weight excluding hydrogens is 383 g/mol. The molecule has 3 fully saturated rings. The molecule has 1 N–H and O–H groups in total. The summed E-state index contributed by atoms with van der Waals surface area (Å²) in [6.45, 7) is 7.04. The van der Waals surface area contributed by atoms with Crippen molar-refractivity contribution in [1.29, 1.82) is 0 Å². The van der Waals surface area contributed by atoms with Crippen molar-refractivity contribution in [1.82, 2.24) is 14.8 Å². The molecule has 4 atom stereocenters. The topological polar surface area (TPSA) is 51.7 Å². The summed E-state index contributed by atoms with van der Waals surface area (Å²) in [5.74, 6) is -1.03. The lowest BCUT2D eigenvalue weighted by Gasteiger charge is -2.45. The molecule has 29 heavy (non-hydrogen) atoms. The third-order valence-electron chi connectivity index (χ3n) is 6.43. The number of nitrogens with one attached hydrogen (secondary N) is 1. The van der Waals surface area contributed by atoms with Crippen molar-refractivity contribution in [3.63, 3.8) is 0 Å². The highest BCUT2D eigenvalue weighted by molar-refractivity contribution is 5.82. The first kappa shape index (κ1) is 20.3. The number of aromatic nitrogens is 1. The molecule has 6 nitrogen and oxygen atoms in total. The van der Waals surface area contributed by atoms with Crippen LogP contribution in [0.3, 0.4) is 0 Å². The van der Waals surface area contributed by atoms with Crippen molar-refractivity contribution in [2.24, 2.45) is 0 Å². The molecule has 3 aliphatic rings. The Labute approximate surface area is 169 Å². The second-order valence-electron chi connectivity index (χ2n) is 8.55. The quantitative estimate of drug-likeness (QED) is 0.829. The van der Waals surface area contributed by atoms with Gasteiger partial charge in [0.1, 0.15) is 5.82 Å². The smallest absolute Gasteiger partial charge is 0.368 e. The SMILES string of the molecule is Cc1nc(N2CC(C)N(C(=O)C(F)(F)F)C(C)C2)ccc1NC1CC2CCCN21. The third kappa shape index (κ3) is 3.76. The van der Waals surface area contributed by atoms with Crippen LogP contribution in [-0.4, -0.2) is 70.8 Å². The Kier molecular flexibility index (Phi) is 5.13. The highest BCUT2D eigenvalue weighted by Gasteiger charge is 2.47. The van der Waals surface area contributed by atoms with Gasteiger partial charge in [0.25, 0.3) is 0 Å². The fraction of sp³-hybridized carbons (Fsp3) is 0.700. The molecule has 3 aliphatic heterocycles. The lowest BCUT2D eigenvalue weighted by molar-refractivity contribution is -0.190. The van der Waals surface area contributed by atoms with Crippen LogP contribution in [0.25, 0.3) is 0 Å². The number of anilines is 2. The molecule has 160 valence electrons. The molecule has 9 heteroatoms. The van der Waals surface area contributed by atoms with Crippen molar-refractivity contribution in [2.75, 3.05) is 29.9 Å². The lowest BCUT2D eigenvalue weighted by Crippen LogP contribution is -2.61. The van der Waals surface area contributed by atoms with E-state index in [-0.39, 0.29) is 0 Å². The number of alkyl halides is 3. The zero-order chi connectivity index (χ0) is 20.9. The minimum absolute atomic E-state index is 0.323. The molecule has 0 aliphatic carbocycles. The van der Waals surface area contributed by atoms with Crippen LogP contribution >= 0.6 is 0 Å². The summed E-state index contributed by atoms with van der Waals surface area (Å²) in [7, 11) is 0. The van der Waals surface area contributed by atoms with E-state index in [1.54, 1.807) is 13.8 Å². The number of aryl methyl sites for hydroxylation is 1. The molecule has 0 saturated carbocycles. The zero-order valence-electron chi connectivity index (χ0n) is 17.0. The summed E-state index contributed by atoms with van der Waals surface area (Å²) in [5.41, 5.74) is 1.87. The van der Waals surface area contributed by atoms with Gasteiger partial charge in [-0.2, -0.15) is 13.2 Å². The molecule has 4 heterocycles. The molecule has 0 radical (unpaired) electrons. The average molecular weight is 411 g/mol. The van der Waals surface area contributed by atoms with E-state index >= 15 is 0 Å². The van der Waals surface area contributed by atoms with Gasteiger partial charge in [0.15, 0.2) is 0 Å². The van der Waals surface area contributed by atoms with Crippen LogP contribution in [0.1, 0.15) is 38.8 Å². The Morgan fingerprint density at radius 2 is 1.90 bits per heavy atom. The predicted octanol–water partition coefficient (Wildman–Crippen LogP) is 2.98. The number of carbonyl (C=O) groups excluding carboxylic acids is 1. The van der Waals surface area contributed by atoms with Gasteiger partial charge in [0.2, 0.25) is 0 Å². The number of hydrogen-bond donors (Lipinski definition) is 1. The molecule has 4 rings (SSSR count). The largest absolute Gasteiger partial charge is 0.471 e. The summed E-state index contributed by atoms with van der Waals surface area (Å²) < 4.78 is 38.7. The number of piperazine rings is 1. The molecule has 1 aromatic heterocycles. The van der Waals surface area contributed by atoms with Gasteiger partial charge >= 0.3 is 12.1 Å². The molecule has 3 saturated heterocycles. The van der Waals surface area contributed by atoms with Gasteiger partial charge in [0.05, 0.1) is 17.5 Å². The summed E-state index contributed by atoms with van der Waals surface area (Å²) in [6.07, 6.45) is -0.773. The first-order valence-corrected chi connectivity index (χ1v) is 10.3. The van der Waals surface area contributed by atoms with Gasteiger partial charge in [-0.15, -0.1) is 0 Å². The Morgan fingerprint density at radius 1 is 1.21 bits per heavy atom. The normalized spacial score (nSPS) is 30.1. The highest BCUT2D eigenvalue weighted by atomic mass is 19.4. The van der Waals surface area contributed by atoms with E-state index in [2.05, 4.69) is 10.2 Å². The number of nitrogens with zero attached hydrogens (tertiary/aromatic N) is 4. The fourth-order valence-electron chi connectivity index (χ4n) is 5.03. The van der Waals surface area contributed by atoms with E-state index in [9.17, 15) is 18.0 Å². The third-order valence-corrected chi connectivity index (χ3v) is 6.43. The monoisotopic (exact) mass is 411 g/mol. The maximum absolute atomic E-state index is 12.9. The lowest BCUT2D eigenvalue weighted by atomic mass is 10.00. The number of rotatable bonds is 3. The summed E-state index contributed by atoms with van der Waals surface area (Å²) >= 11 is 0.